The van der Waals surface area contributed by atoms with Gasteiger partial charge in [-0.25, -0.2) is 13.2 Å². The van der Waals surface area contributed by atoms with Crippen molar-refractivity contribution in [1.29, 1.82) is 5.26 Å². The first-order chi connectivity index (χ1) is 11.6. The van der Waals surface area contributed by atoms with Gasteiger partial charge in [-0.1, -0.05) is 0 Å². The molecule has 0 saturated carbocycles. The third-order valence-corrected chi connectivity index (χ3v) is 6.76. The number of ether oxygens (including phenoxy) is 2. The molecule has 2 aliphatic rings. The van der Waals surface area contributed by atoms with Gasteiger partial charge in [0.2, 0.25) is 0 Å². The van der Waals surface area contributed by atoms with Crippen LogP contribution in [0.15, 0.2) is 29.2 Å². The zero-order valence-electron chi connectivity index (χ0n) is 13.8. The molecule has 2 atom stereocenters. The van der Waals surface area contributed by atoms with Gasteiger partial charge in [0.05, 0.1) is 29.7 Å². The Bertz CT molecular complexity index is 842. The highest BCUT2D eigenvalue weighted by Crippen LogP contribution is 2.42. The molecule has 134 valence electrons. The van der Waals surface area contributed by atoms with Crippen LogP contribution in [-0.2, 0) is 19.3 Å². The summed E-state index contributed by atoms with van der Waals surface area (Å²) in [5.41, 5.74) is -0.914. The quantitative estimate of drug-likeness (QED) is 0.836. The number of hydrogen-bond acceptors (Lipinski definition) is 6. The summed E-state index contributed by atoms with van der Waals surface area (Å²) in [6.07, 6.45) is -1.20. The monoisotopic (exact) mass is 366 g/mol. The molecule has 1 aromatic rings. The highest BCUT2D eigenvalue weighted by molar-refractivity contribution is 7.92. The average Bonchev–Trinajstić information content (AvgIpc) is 3.08. The summed E-state index contributed by atoms with van der Waals surface area (Å²) in [5.74, 6) is -0.993. The number of carbonyl (C=O) groups is 1. The predicted molar refractivity (Wildman–Crippen MR) is 85.6 cm³/mol. The van der Waals surface area contributed by atoms with Gasteiger partial charge in [-0.3, -0.25) is 0 Å². The Morgan fingerprint density at radius 1 is 1.36 bits per heavy atom. The number of benzene rings is 1. The number of hydrogen-bond donors (Lipinski definition) is 1. The Morgan fingerprint density at radius 3 is 2.48 bits per heavy atom. The summed E-state index contributed by atoms with van der Waals surface area (Å²) in [6, 6.07) is 7.47. The van der Waals surface area contributed by atoms with Crippen LogP contribution in [0.3, 0.4) is 0 Å². The van der Waals surface area contributed by atoms with Crippen LogP contribution >= 0.6 is 0 Å². The molecular weight excluding hydrogens is 348 g/mol. The summed E-state index contributed by atoms with van der Waals surface area (Å²) >= 11 is 0. The van der Waals surface area contributed by atoms with Gasteiger partial charge in [0.25, 0.3) is 0 Å². The number of nitrogens with zero attached hydrogens (tertiary/aromatic N) is 2. The van der Waals surface area contributed by atoms with Gasteiger partial charge in [-0.2, -0.15) is 5.26 Å². The number of nitriles is 1. The minimum atomic E-state index is -3.89. The largest absolute Gasteiger partial charge is 0.465 e. The summed E-state index contributed by atoms with van der Waals surface area (Å²) in [5, 5.41) is 17.1. The van der Waals surface area contributed by atoms with Gasteiger partial charge < -0.3 is 19.5 Å². The van der Waals surface area contributed by atoms with Crippen molar-refractivity contribution in [2.45, 2.75) is 35.4 Å². The molecule has 2 unspecified atom stereocenters. The summed E-state index contributed by atoms with van der Waals surface area (Å²) in [4.78, 5) is 12.5. The van der Waals surface area contributed by atoms with Gasteiger partial charge in [0.15, 0.2) is 15.6 Å². The molecule has 1 aromatic carbocycles. The second-order valence-electron chi connectivity index (χ2n) is 6.69. The molecule has 0 aliphatic carbocycles. The first-order valence-electron chi connectivity index (χ1n) is 7.66. The van der Waals surface area contributed by atoms with Crippen LogP contribution < -0.4 is 0 Å². The van der Waals surface area contributed by atoms with Crippen molar-refractivity contribution in [2.24, 2.45) is 0 Å². The number of rotatable bonds is 2. The second kappa shape index (κ2) is 5.69. The van der Waals surface area contributed by atoms with Crippen molar-refractivity contribution in [3.63, 3.8) is 0 Å². The molecule has 25 heavy (non-hydrogen) atoms. The Hall–Kier alpha value is -2.15. The van der Waals surface area contributed by atoms with Gasteiger partial charge >= 0.3 is 6.09 Å². The van der Waals surface area contributed by atoms with E-state index in [-0.39, 0.29) is 24.6 Å². The molecule has 9 heteroatoms. The van der Waals surface area contributed by atoms with E-state index in [9.17, 15) is 18.3 Å². The van der Waals surface area contributed by atoms with Crippen molar-refractivity contribution in [3.05, 3.63) is 29.8 Å². The van der Waals surface area contributed by atoms with Crippen molar-refractivity contribution in [1.82, 2.24) is 4.90 Å². The standard InChI is InChI=1S/C16H18N2O6S/c1-15(2)23-10-16(24-15)9-18(14(19)20)8-13(16)25(21,22)12-5-3-11(7-17)4-6-12/h3-6,13H,8-10H2,1-2H3,(H,19,20). The predicted octanol–water partition coefficient (Wildman–Crippen LogP) is 1.22. The first kappa shape index (κ1) is 17.7. The topological polar surface area (TPSA) is 117 Å². The van der Waals surface area contributed by atoms with E-state index < -0.39 is 32.6 Å². The third kappa shape index (κ3) is 2.97. The zero-order valence-corrected chi connectivity index (χ0v) is 14.6. The minimum Gasteiger partial charge on any atom is -0.465 e. The SMILES string of the molecule is CC1(C)OCC2(CN(C(=O)O)CC2S(=O)(=O)c2ccc(C#N)cc2)O1. The van der Waals surface area contributed by atoms with Crippen LogP contribution in [0.4, 0.5) is 4.79 Å². The lowest BCUT2D eigenvalue weighted by Crippen LogP contribution is -2.49. The molecule has 1 amide bonds. The van der Waals surface area contributed by atoms with Crippen LogP contribution in [0.2, 0.25) is 0 Å². The smallest absolute Gasteiger partial charge is 0.407 e. The van der Waals surface area contributed by atoms with Crippen LogP contribution in [0.5, 0.6) is 0 Å². The number of carboxylic acid groups (broad SMARTS) is 1. The Labute approximate surface area is 145 Å². The highest BCUT2D eigenvalue weighted by atomic mass is 32.2. The lowest BCUT2D eigenvalue weighted by molar-refractivity contribution is -0.157. The van der Waals surface area contributed by atoms with E-state index in [1.807, 2.05) is 6.07 Å². The van der Waals surface area contributed by atoms with Crippen LogP contribution in [0, 0.1) is 11.3 Å². The fourth-order valence-electron chi connectivity index (χ4n) is 3.35. The summed E-state index contributed by atoms with van der Waals surface area (Å²) in [6.45, 7) is 3.04. The van der Waals surface area contributed by atoms with Crippen LogP contribution in [0.25, 0.3) is 0 Å². The number of likely N-dealkylation sites (tertiary alicyclic amines) is 1. The molecule has 2 aliphatic heterocycles. The van der Waals surface area contributed by atoms with E-state index in [2.05, 4.69) is 0 Å². The highest BCUT2D eigenvalue weighted by Gasteiger charge is 2.61. The number of amides is 1. The molecule has 0 radical (unpaired) electrons. The molecular formula is C16H18N2O6S. The van der Waals surface area contributed by atoms with E-state index in [1.54, 1.807) is 13.8 Å². The van der Waals surface area contributed by atoms with Gasteiger partial charge in [-0.15, -0.1) is 0 Å². The van der Waals surface area contributed by atoms with Gasteiger partial charge in [0.1, 0.15) is 10.9 Å². The molecule has 3 rings (SSSR count). The second-order valence-corrected chi connectivity index (χ2v) is 8.82. The fraction of sp³-hybridized carbons (Fsp3) is 0.500. The first-order valence-corrected chi connectivity index (χ1v) is 9.20. The van der Waals surface area contributed by atoms with E-state index in [0.717, 1.165) is 4.90 Å². The normalized spacial score (nSPS) is 28.2. The lowest BCUT2D eigenvalue weighted by atomic mass is 10.0. The molecule has 0 bridgehead atoms. The molecule has 1 spiro atoms. The molecule has 8 nitrogen and oxygen atoms in total. The lowest BCUT2D eigenvalue weighted by Gasteiger charge is -2.29. The Kier molecular flexibility index (Phi) is 4.02. The van der Waals surface area contributed by atoms with E-state index in [1.165, 1.54) is 24.3 Å². The number of sulfone groups is 1. The van der Waals surface area contributed by atoms with E-state index in [0.29, 0.717) is 5.56 Å². The zero-order chi connectivity index (χ0) is 18.5. The maximum Gasteiger partial charge on any atom is 0.407 e. The van der Waals surface area contributed by atoms with Crippen LogP contribution in [-0.4, -0.2) is 60.9 Å². The molecule has 2 heterocycles. The van der Waals surface area contributed by atoms with Gasteiger partial charge in [-0.05, 0) is 38.1 Å². The molecule has 2 saturated heterocycles. The Balaban J connectivity index is 2.02. The molecule has 1 N–H and O–H groups in total. The van der Waals surface area contributed by atoms with Gasteiger partial charge in [0, 0.05) is 6.54 Å². The third-order valence-electron chi connectivity index (χ3n) is 4.50. The molecule has 0 aromatic heterocycles. The summed E-state index contributed by atoms with van der Waals surface area (Å²) < 4.78 is 37.7. The van der Waals surface area contributed by atoms with Crippen molar-refractivity contribution < 1.29 is 27.8 Å². The maximum atomic E-state index is 13.1. The Morgan fingerprint density at radius 2 is 2.00 bits per heavy atom. The summed E-state index contributed by atoms with van der Waals surface area (Å²) in [7, 11) is -3.89. The van der Waals surface area contributed by atoms with E-state index in [4.69, 9.17) is 14.7 Å². The van der Waals surface area contributed by atoms with E-state index >= 15 is 0 Å². The fourth-order valence-corrected chi connectivity index (χ4v) is 5.32. The van der Waals surface area contributed by atoms with Crippen LogP contribution in [0.1, 0.15) is 19.4 Å². The average molecular weight is 366 g/mol. The maximum absolute atomic E-state index is 13.1. The van der Waals surface area contributed by atoms with Crippen molar-refractivity contribution in [3.8, 4) is 6.07 Å². The minimum absolute atomic E-state index is 0.00996. The van der Waals surface area contributed by atoms with Crippen molar-refractivity contribution in [2.75, 3.05) is 19.7 Å². The molecule has 2 fully saturated rings. The van der Waals surface area contributed by atoms with Crippen molar-refractivity contribution >= 4 is 15.9 Å².